The van der Waals surface area contributed by atoms with E-state index >= 15 is 0 Å². The molecule has 0 bridgehead atoms. The lowest BCUT2D eigenvalue weighted by Gasteiger charge is -2.27. The Morgan fingerprint density at radius 1 is 1.21 bits per heavy atom. The van der Waals surface area contributed by atoms with Gasteiger partial charge in [0, 0.05) is 26.2 Å². The van der Waals surface area contributed by atoms with Crippen LogP contribution in [0.1, 0.15) is 6.42 Å². The lowest BCUT2D eigenvalue weighted by Crippen LogP contribution is -2.37. The first kappa shape index (κ1) is 12.2. The van der Waals surface area contributed by atoms with Gasteiger partial charge in [-0.05, 0) is 26.1 Å². The highest BCUT2D eigenvalue weighted by molar-refractivity contribution is 6.69. The summed E-state index contributed by atoms with van der Waals surface area (Å²) in [7, 11) is -1.29. The van der Waals surface area contributed by atoms with Crippen molar-refractivity contribution in [2.45, 2.75) is 26.1 Å². The zero-order chi connectivity index (χ0) is 10.4. The molecule has 0 spiro atoms. The van der Waals surface area contributed by atoms with E-state index in [1.807, 2.05) is 0 Å². The first-order valence-electron chi connectivity index (χ1n) is 5.52. The monoisotopic (exact) mass is 217 g/mol. The first-order valence-corrected chi connectivity index (χ1v) is 8.93. The highest BCUT2D eigenvalue weighted by Crippen LogP contribution is 2.04. The minimum absolute atomic E-state index is 0.898. The molecule has 1 saturated heterocycles. The Balaban J connectivity index is 1.97. The molecule has 0 saturated carbocycles. The number of rotatable bonds is 5. The molecule has 14 heavy (non-hydrogen) atoms. The van der Waals surface area contributed by atoms with Gasteiger partial charge < -0.3 is 9.16 Å². The summed E-state index contributed by atoms with van der Waals surface area (Å²) in [5.41, 5.74) is 0. The van der Waals surface area contributed by atoms with Crippen LogP contribution < -0.4 is 0 Å². The Kier molecular flexibility index (Phi) is 5.09. The lowest BCUT2D eigenvalue weighted by atomic mass is 10.3. The molecular formula is C10H23NO2Si. The summed E-state index contributed by atoms with van der Waals surface area (Å²) in [6.07, 6.45) is 1.16. The molecule has 1 fully saturated rings. The third kappa shape index (κ3) is 5.75. The second-order valence-corrected chi connectivity index (χ2v) is 9.28. The minimum atomic E-state index is -1.29. The molecule has 0 aromatic carbocycles. The van der Waals surface area contributed by atoms with E-state index < -0.39 is 8.32 Å². The van der Waals surface area contributed by atoms with Gasteiger partial charge in [-0.2, -0.15) is 0 Å². The van der Waals surface area contributed by atoms with Gasteiger partial charge in [0.25, 0.3) is 0 Å². The zero-order valence-corrected chi connectivity index (χ0v) is 10.7. The summed E-state index contributed by atoms with van der Waals surface area (Å²) < 4.78 is 11.1. The van der Waals surface area contributed by atoms with Crippen LogP contribution in [0.4, 0.5) is 0 Å². The fourth-order valence-electron chi connectivity index (χ4n) is 1.49. The fourth-order valence-corrected chi connectivity index (χ4v) is 2.25. The Bertz CT molecular complexity index is 153. The lowest BCUT2D eigenvalue weighted by molar-refractivity contribution is 0.0356. The molecular weight excluding hydrogens is 194 g/mol. The number of hydrogen-bond acceptors (Lipinski definition) is 3. The van der Waals surface area contributed by atoms with Crippen LogP contribution in [-0.2, 0) is 9.16 Å². The quantitative estimate of drug-likeness (QED) is 0.515. The average Bonchev–Trinajstić information content (AvgIpc) is 2.13. The molecule has 1 heterocycles. The van der Waals surface area contributed by atoms with Gasteiger partial charge in [-0.3, -0.25) is 4.90 Å². The molecule has 0 aromatic heterocycles. The van der Waals surface area contributed by atoms with Gasteiger partial charge >= 0.3 is 0 Å². The van der Waals surface area contributed by atoms with Crippen molar-refractivity contribution < 1.29 is 9.16 Å². The molecule has 0 radical (unpaired) electrons. The largest absolute Gasteiger partial charge is 0.418 e. The second kappa shape index (κ2) is 5.85. The molecule has 84 valence electrons. The van der Waals surface area contributed by atoms with Crippen LogP contribution in [0.5, 0.6) is 0 Å². The SMILES string of the molecule is C[Si](C)(C)OCCCN1CCOCC1. The van der Waals surface area contributed by atoms with Crippen molar-refractivity contribution in [2.75, 3.05) is 39.5 Å². The van der Waals surface area contributed by atoms with Crippen molar-refractivity contribution in [2.24, 2.45) is 0 Å². The second-order valence-electron chi connectivity index (χ2n) is 4.77. The number of morpholine rings is 1. The van der Waals surface area contributed by atoms with Gasteiger partial charge in [0.2, 0.25) is 0 Å². The molecule has 0 aromatic rings. The predicted molar refractivity (Wildman–Crippen MR) is 61.2 cm³/mol. The van der Waals surface area contributed by atoms with Gasteiger partial charge in [0.1, 0.15) is 0 Å². The Morgan fingerprint density at radius 2 is 1.86 bits per heavy atom. The number of nitrogens with zero attached hydrogens (tertiary/aromatic N) is 1. The van der Waals surface area contributed by atoms with Crippen molar-refractivity contribution in [3.63, 3.8) is 0 Å². The van der Waals surface area contributed by atoms with Gasteiger partial charge in [0.15, 0.2) is 8.32 Å². The molecule has 3 nitrogen and oxygen atoms in total. The molecule has 1 aliphatic heterocycles. The standard InChI is InChI=1S/C10H23NO2Si/c1-14(2,3)13-8-4-5-11-6-9-12-10-7-11/h4-10H2,1-3H3. The van der Waals surface area contributed by atoms with Crippen LogP contribution >= 0.6 is 0 Å². The smallest absolute Gasteiger partial charge is 0.183 e. The molecule has 0 unspecified atom stereocenters. The normalized spacial score (nSPS) is 19.9. The van der Waals surface area contributed by atoms with E-state index in [0.29, 0.717) is 0 Å². The van der Waals surface area contributed by atoms with E-state index in [2.05, 4.69) is 24.5 Å². The van der Waals surface area contributed by atoms with E-state index in [9.17, 15) is 0 Å². The van der Waals surface area contributed by atoms with E-state index in [-0.39, 0.29) is 0 Å². The molecule has 0 N–H and O–H groups in total. The fraction of sp³-hybridized carbons (Fsp3) is 1.00. The van der Waals surface area contributed by atoms with Crippen molar-refractivity contribution in [3.8, 4) is 0 Å². The Labute approximate surface area is 88.5 Å². The van der Waals surface area contributed by atoms with Crippen molar-refractivity contribution in [1.29, 1.82) is 0 Å². The molecule has 0 atom stereocenters. The van der Waals surface area contributed by atoms with Crippen LogP contribution in [0.2, 0.25) is 19.6 Å². The number of ether oxygens (including phenoxy) is 1. The van der Waals surface area contributed by atoms with Crippen LogP contribution in [-0.4, -0.2) is 52.7 Å². The van der Waals surface area contributed by atoms with Gasteiger partial charge in [0.05, 0.1) is 13.2 Å². The van der Waals surface area contributed by atoms with Crippen LogP contribution in [0.25, 0.3) is 0 Å². The minimum Gasteiger partial charge on any atom is -0.418 e. The summed E-state index contributed by atoms with van der Waals surface area (Å²) in [4.78, 5) is 2.46. The van der Waals surface area contributed by atoms with Crippen molar-refractivity contribution in [3.05, 3.63) is 0 Å². The Morgan fingerprint density at radius 3 is 2.43 bits per heavy atom. The Hall–Kier alpha value is 0.0969. The zero-order valence-electron chi connectivity index (χ0n) is 9.71. The third-order valence-electron chi connectivity index (χ3n) is 2.26. The molecule has 4 heteroatoms. The van der Waals surface area contributed by atoms with E-state index in [4.69, 9.17) is 9.16 Å². The maximum Gasteiger partial charge on any atom is 0.183 e. The molecule has 0 amide bonds. The first-order chi connectivity index (χ1) is 6.58. The average molecular weight is 217 g/mol. The highest BCUT2D eigenvalue weighted by Gasteiger charge is 2.14. The van der Waals surface area contributed by atoms with Gasteiger partial charge in [-0.1, -0.05) is 0 Å². The molecule has 1 rings (SSSR count). The van der Waals surface area contributed by atoms with Crippen LogP contribution in [0.3, 0.4) is 0 Å². The highest BCUT2D eigenvalue weighted by atomic mass is 28.4. The summed E-state index contributed by atoms with van der Waals surface area (Å²) in [6, 6.07) is 0. The van der Waals surface area contributed by atoms with Crippen LogP contribution in [0, 0.1) is 0 Å². The van der Waals surface area contributed by atoms with Crippen molar-refractivity contribution >= 4 is 8.32 Å². The third-order valence-corrected chi connectivity index (χ3v) is 3.33. The molecule has 0 aliphatic carbocycles. The predicted octanol–water partition coefficient (Wildman–Crippen LogP) is 1.56. The van der Waals surface area contributed by atoms with Gasteiger partial charge in [-0.25, -0.2) is 0 Å². The maximum absolute atomic E-state index is 5.80. The van der Waals surface area contributed by atoms with E-state index in [1.54, 1.807) is 0 Å². The topological polar surface area (TPSA) is 21.7 Å². The van der Waals surface area contributed by atoms with Crippen molar-refractivity contribution in [1.82, 2.24) is 4.90 Å². The van der Waals surface area contributed by atoms with Crippen LogP contribution in [0.15, 0.2) is 0 Å². The summed E-state index contributed by atoms with van der Waals surface area (Å²) in [5, 5.41) is 0. The van der Waals surface area contributed by atoms with E-state index in [0.717, 1.165) is 45.9 Å². The summed E-state index contributed by atoms with van der Waals surface area (Å²) in [5.74, 6) is 0. The molecule has 1 aliphatic rings. The summed E-state index contributed by atoms with van der Waals surface area (Å²) in [6.45, 7) is 12.8. The number of hydrogen-bond donors (Lipinski definition) is 0. The maximum atomic E-state index is 5.80. The van der Waals surface area contributed by atoms with E-state index in [1.165, 1.54) is 0 Å². The summed E-state index contributed by atoms with van der Waals surface area (Å²) >= 11 is 0. The van der Waals surface area contributed by atoms with Gasteiger partial charge in [-0.15, -0.1) is 0 Å².